The molecule has 1 amide bonds. The van der Waals surface area contributed by atoms with Gasteiger partial charge in [-0.25, -0.2) is 4.79 Å². The predicted octanol–water partition coefficient (Wildman–Crippen LogP) is 1.92. The molecule has 19 heavy (non-hydrogen) atoms. The van der Waals surface area contributed by atoms with E-state index in [2.05, 4.69) is 5.32 Å². The van der Waals surface area contributed by atoms with Crippen LogP contribution in [0.3, 0.4) is 0 Å². The number of para-hydroxylation sites is 1. The first-order chi connectivity index (χ1) is 8.77. The smallest absolute Gasteiger partial charge is 0.326 e. The Morgan fingerprint density at radius 2 is 1.84 bits per heavy atom. The third-order valence-electron chi connectivity index (χ3n) is 2.74. The Morgan fingerprint density at radius 1 is 1.26 bits per heavy atom. The standard InChI is InChI=1S/C14H19NO4/c1-14(2,3)11(13(17)18)15-12(16)9-7-5-6-8-10(9)19-4/h5-8,11H,1-4H3,(H,15,16)(H,17,18). The minimum atomic E-state index is -1.06. The van der Waals surface area contributed by atoms with Crippen LogP contribution in [0.15, 0.2) is 24.3 Å². The number of carboxylic acid groups (broad SMARTS) is 1. The van der Waals surface area contributed by atoms with Crippen LogP contribution in [0.25, 0.3) is 0 Å². The lowest BCUT2D eigenvalue weighted by atomic mass is 9.86. The van der Waals surface area contributed by atoms with E-state index in [4.69, 9.17) is 4.74 Å². The molecule has 0 aliphatic rings. The molecule has 104 valence electrons. The number of rotatable bonds is 4. The van der Waals surface area contributed by atoms with Crippen LogP contribution < -0.4 is 10.1 Å². The van der Waals surface area contributed by atoms with Crippen LogP contribution in [0.5, 0.6) is 5.75 Å². The topological polar surface area (TPSA) is 75.6 Å². The van der Waals surface area contributed by atoms with Gasteiger partial charge >= 0.3 is 5.97 Å². The minimum absolute atomic E-state index is 0.320. The molecule has 0 fully saturated rings. The summed E-state index contributed by atoms with van der Waals surface area (Å²) in [5.74, 6) is -1.10. The number of benzene rings is 1. The van der Waals surface area contributed by atoms with Crippen molar-refractivity contribution in [3.8, 4) is 5.75 Å². The van der Waals surface area contributed by atoms with Gasteiger partial charge in [-0.1, -0.05) is 32.9 Å². The van der Waals surface area contributed by atoms with E-state index in [1.165, 1.54) is 7.11 Å². The van der Waals surface area contributed by atoms with Gasteiger partial charge in [0.25, 0.3) is 5.91 Å². The molecule has 1 rings (SSSR count). The fourth-order valence-corrected chi connectivity index (χ4v) is 1.69. The molecule has 0 saturated carbocycles. The van der Waals surface area contributed by atoms with E-state index in [1.54, 1.807) is 45.0 Å². The van der Waals surface area contributed by atoms with Crippen LogP contribution >= 0.6 is 0 Å². The summed E-state index contributed by atoms with van der Waals surface area (Å²) in [6.45, 7) is 5.27. The average molecular weight is 265 g/mol. The van der Waals surface area contributed by atoms with E-state index >= 15 is 0 Å². The summed E-state index contributed by atoms with van der Waals surface area (Å²) in [6.07, 6.45) is 0. The summed E-state index contributed by atoms with van der Waals surface area (Å²) in [7, 11) is 1.46. The maximum atomic E-state index is 12.1. The van der Waals surface area contributed by atoms with Gasteiger partial charge in [-0.2, -0.15) is 0 Å². The SMILES string of the molecule is COc1ccccc1C(=O)NC(C(=O)O)C(C)(C)C. The van der Waals surface area contributed by atoms with Gasteiger partial charge in [0, 0.05) is 0 Å². The first kappa shape index (κ1) is 15.0. The van der Waals surface area contributed by atoms with Gasteiger partial charge < -0.3 is 15.2 Å². The number of carboxylic acids is 1. The number of hydrogen-bond donors (Lipinski definition) is 2. The monoisotopic (exact) mass is 265 g/mol. The number of hydrogen-bond acceptors (Lipinski definition) is 3. The molecule has 0 aromatic heterocycles. The third kappa shape index (κ3) is 3.71. The zero-order valence-corrected chi connectivity index (χ0v) is 11.6. The van der Waals surface area contributed by atoms with Gasteiger partial charge in [0.1, 0.15) is 11.8 Å². The maximum absolute atomic E-state index is 12.1. The molecule has 1 aromatic carbocycles. The normalized spacial score (nSPS) is 12.6. The van der Waals surface area contributed by atoms with Crippen molar-refractivity contribution >= 4 is 11.9 Å². The first-order valence-corrected chi connectivity index (χ1v) is 5.94. The lowest BCUT2D eigenvalue weighted by molar-refractivity contribution is -0.142. The summed E-state index contributed by atoms with van der Waals surface area (Å²) in [5.41, 5.74) is -0.260. The average Bonchev–Trinajstić information content (AvgIpc) is 2.33. The quantitative estimate of drug-likeness (QED) is 0.872. The lowest BCUT2D eigenvalue weighted by Crippen LogP contribution is -2.49. The summed E-state index contributed by atoms with van der Waals surface area (Å²) in [4.78, 5) is 23.4. The molecule has 0 heterocycles. The van der Waals surface area contributed by atoms with Crippen molar-refractivity contribution in [3.63, 3.8) is 0 Å². The second-order valence-corrected chi connectivity index (χ2v) is 5.31. The van der Waals surface area contributed by atoms with Gasteiger partial charge in [-0.05, 0) is 17.5 Å². The summed E-state index contributed by atoms with van der Waals surface area (Å²) < 4.78 is 5.09. The van der Waals surface area contributed by atoms with Gasteiger partial charge in [-0.3, -0.25) is 4.79 Å². The van der Waals surface area contributed by atoms with Crippen LogP contribution in [0.1, 0.15) is 31.1 Å². The molecule has 0 aliphatic heterocycles. The van der Waals surface area contributed by atoms with Crippen LogP contribution in [0.4, 0.5) is 0 Å². The highest BCUT2D eigenvalue weighted by Crippen LogP contribution is 2.22. The Bertz CT molecular complexity index is 477. The molecule has 5 heteroatoms. The van der Waals surface area contributed by atoms with Crippen LogP contribution in [0, 0.1) is 5.41 Å². The van der Waals surface area contributed by atoms with Gasteiger partial charge in [0.2, 0.25) is 0 Å². The molecule has 0 radical (unpaired) electrons. The number of nitrogens with one attached hydrogen (secondary N) is 1. The maximum Gasteiger partial charge on any atom is 0.326 e. The Labute approximate surface area is 112 Å². The Kier molecular flexibility index (Phi) is 4.53. The zero-order chi connectivity index (χ0) is 14.6. The second kappa shape index (κ2) is 5.73. The van der Waals surface area contributed by atoms with Crippen molar-refractivity contribution in [2.75, 3.05) is 7.11 Å². The molecule has 0 saturated heterocycles. The van der Waals surface area contributed by atoms with Crippen LogP contribution in [-0.4, -0.2) is 30.1 Å². The molecule has 2 N–H and O–H groups in total. The van der Waals surface area contributed by atoms with E-state index in [9.17, 15) is 14.7 Å². The number of aliphatic carboxylic acids is 1. The number of ether oxygens (including phenoxy) is 1. The largest absolute Gasteiger partial charge is 0.496 e. The fraction of sp³-hybridized carbons (Fsp3) is 0.429. The Balaban J connectivity index is 2.98. The van der Waals surface area contributed by atoms with Crippen LogP contribution in [-0.2, 0) is 4.79 Å². The summed E-state index contributed by atoms with van der Waals surface area (Å²) in [5, 5.41) is 11.7. The number of carbonyl (C=O) groups is 2. The van der Waals surface area contributed by atoms with Gasteiger partial charge in [0.15, 0.2) is 0 Å². The molecule has 5 nitrogen and oxygen atoms in total. The minimum Gasteiger partial charge on any atom is -0.496 e. The van der Waals surface area contributed by atoms with Crippen molar-refractivity contribution in [3.05, 3.63) is 29.8 Å². The Morgan fingerprint density at radius 3 is 2.32 bits per heavy atom. The second-order valence-electron chi connectivity index (χ2n) is 5.31. The van der Waals surface area contributed by atoms with E-state index in [0.29, 0.717) is 11.3 Å². The van der Waals surface area contributed by atoms with E-state index < -0.39 is 23.3 Å². The third-order valence-corrected chi connectivity index (χ3v) is 2.74. The van der Waals surface area contributed by atoms with Crippen molar-refractivity contribution in [1.29, 1.82) is 0 Å². The molecule has 1 unspecified atom stereocenters. The molecule has 1 atom stereocenters. The molecular weight excluding hydrogens is 246 g/mol. The predicted molar refractivity (Wildman–Crippen MR) is 71.3 cm³/mol. The van der Waals surface area contributed by atoms with Crippen LogP contribution in [0.2, 0.25) is 0 Å². The number of carbonyl (C=O) groups excluding carboxylic acids is 1. The molecule has 0 aliphatic carbocycles. The lowest BCUT2D eigenvalue weighted by Gasteiger charge is -2.27. The molecule has 0 bridgehead atoms. The summed E-state index contributed by atoms with van der Waals surface area (Å²) in [6, 6.07) is 5.72. The van der Waals surface area contributed by atoms with E-state index in [-0.39, 0.29) is 0 Å². The highest BCUT2D eigenvalue weighted by atomic mass is 16.5. The Hall–Kier alpha value is -2.04. The highest BCUT2D eigenvalue weighted by molar-refractivity contribution is 5.99. The molecular formula is C14H19NO4. The van der Waals surface area contributed by atoms with Gasteiger partial charge in [0.05, 0.1) is 12.7 Å². The van der Waals surface area contributed by atoms with Crippen molar-refractivity contribution in [1.82, 2.24) is 5.32 Å². The summed E-state index contributed by atoms with van der Waals surface area (Å²) >= 11 is 0. The molecule has 1 aromatic rings. The van der Waals surface area contributed by atoms with E-state index in [0.717, 1.165) is 0 Å². The highest BCUT2D eigenvalue weighted by Gasteiger charge is 2.33. The number of methoxy groups -OCH3 is 1. The van der Waals surface area contributed by atoms with Gasteiger partial charge in [-0.15, -0.1) is 0 Å². The van der Waals surface area contributed by atoms with Crippen molar-refractivity contribution in [2.45, 2.75) is 26.8 Å². The van der Waals surface area contributed by atoms with Crippen molar-refractivity contribution < 1.29 is 19.4 Å². The fourth-order valence-electron chi connectivity index (χ4n) is 1.69. The number of amides is 1. The van der Waals surface area contributed by atoms with E-state index in [1.807, 2.05) is 0 Å². The first-order valence-electron chi connectivity index (χ1n) is 5.94. The van der Waals surface area contributed by atoms with Crippen molar-refractivity contribution in [2.24, 2.45) is 5.41 Å². The zero-order valence-electron chi connectivity index (χ0n) is 11.6. The molecule has 0 spiro atoms.